The molecule has 0 aliphatic rings. The standard InChI is InChI=1S/C21H20N6/c1-13(2)10-22-20-21-23-12-19(14-7-8-16-15(9-14)11-24-26-16)27(21)18-6-4-3-5-17(18)25-20/h3-9,11-13H,10H2,1-2H3,(H,22,25)(H,24,26). The van der Waals surface area contributed by atoms with Gasteiger partial charge in [0.15, 0.2) is 11.5 Å². The molecule has 2 N–H and O–H groups in total. The number of nitrogens with zero attached hydrogens (tertiary/aromatic N) is 4. The van der Waals surface area contributed by atoms with E-state index in [1.54, 1.807) is 0 Å². The summed E-state index contributed by atoms with van der Waals surface area (Å²) in [6, 6.07) is 14.5. The molecule has 0 saturated heterocycles. The molecule has 3 aromatic heterocycles. The number of hydrogen-bond acceptors (Lipinski definition) is 4. The Morgan fingerprint density at radius 2 is 2.00 bits per heavy atom. The van der Waals surface area contributed by atoms with Crippen molar-refractivity contribution in [1.82, 2.24) is 24.6 Å². The van der Waals surface area contributed by atoms with Crippen molar-refractivity contribution in [1.29, 1.82) is 0 Å². The van der Waals surface area contributed by atoms with Crippen LogP contribution in [0.25, 0.3) is 38.8 Å². The molecule has 2 aromatic carbocycles. The minimum absolute atomic E-state index is 0.524. The normalized spacial score (nSPS) is 11.8. The molecule has 0 spiro atoms. The predicted molar refractivity (Wildman–Crippen MR) is 109 cm³/mol. The van der Waals surface area contributed by atoms with Crippen LogP contribution in [0.3, 0.4) is 0 Å². The van der Waals surface area contributed by atoms with Gasteiger partial charge in [-0.25, -0.2) is 9.97 Å². The molecule has 0 unspecified atom stereocenters. The molecule has 0 radical (unpaired) electrons. The van der Waals surface area contributed by atoms with Gasteiger partial charge in [-0.1, -0.05) is 32.0 Å². The van der Waals surface area contributed by atoms with Gasteiger partial charge in [0.05, 0.1) is 34.6 Å². The Balaban J connectivity index is 1.78. The molecule has 27 heavy (non-hydrogen) atoms. The summed E-state index contributed by atoms with van der Waals surface area (Å²) in [5.74, 6) is 1.34. The summed E-state index contributed by atoms with van der Waals surface area (Å²) in [5.41, 5.74) is 6.00. The van der Waals surface area contributed by atoms with Gasteiger partial charge >= 0.3 is 0 Å². The Bertz CT molecular complexity index is 1260. The van der Waals surface area contributed by atoms with E-state index in [4.69, 9.17) is 9.97 Å². The van der Waals surface area contributed by atoms with E-state index in [9.17, 15) is 0 Å². The van der Waals surface area contributed by atoms with Gasteiger partial charge in [-0.15, -0.1) is 0 Å². The van der Waals surface area contributed by atoms with Crippen LogP contribution >= 0.6 is 0 Å². The average Bonchev–Trinajstić information content (AvgIpc) is 3.32. The second-order valence-electron chi connectivity index (χ2n) is 7.20. The third-order valence-corrected chi connectivity index (χ3v) is 4.74. The number of aromatic amines is 1. The lowest BCUT2D eigenvalue weighted by molar-refractivity contribution is 0.687. The van der Waals surface area contributed by atoms with Crippen LogP contribution in [0.5, 0.6) is 0 Å². The van der Waals surface area contributed by atoms with Crippen LogP contribution in [0, 0.1) is 5.92 Å². The lowest BCUT2D eigenvalue weighted by Crippen LogP contribution is -2.11. The zero-order chi connectivity index (χ0) is 18.4. The molecule has 134 valence electrons. The van der Waals surface area contributed by atoms with Gasteiger partial charge in [-0.2, -0.15) is 5.10 Å². The van der Waals surface area contributed by atoms with Crippen LogP contribution in [-0.2, 0) is 0 Å². The highest BCUT2D eigenvalue weighted by Crippen LogP contribution is 2.29. The number of anilines is 1. The Labute approximate surface area is 156 Å². The number of para-hydroxylation sites is 2. The number of aromatic nitrogens is 5. The molecule has 3 heterocycles. The van der Waals surface area contributed by atoms with Gasteiger partial charge in [0.2, 0.25) is 0 Å². The summed E-state index contributed by atoms with van der Waals surface area (Å²) in [6.07, 6.45) is 3.77. The fourth-order valence-corrected chi connectivity index (χ4v) is 3.41. The summed E-state index contributed by atoms with van der Waals surface area (Å²) in [5, 5.41) is 11.7. The molecule has 6 heteroatoms. The Kier molecular flexibility index (Phi) is 3.57. The molecule has 5 aromatic rings. The van der Waals surface area contributed by atoms with Crippen LogP contribution in [0.15, 0.2) is 54.9 Å². The molecule has 0 atom stereocenters. The van der Waals surface area contributed by atoms with Crippen molar-refractivity contribution in [3.63, 3.8) is 0 Å². The van der Waals surface area contributed by atoms with E-state index >= 15 is 0 Å². The highest BCUT2D eigenvalue weighted by Gasteiger charge is 2.15. The lowest BCUT2D eigenvalue weighted by Gasteiger charge is -2.12. The van der Waals surface area contributed by atoms with Crippen molar-refractivity contribution in [2.24, 2.45) is 5.92 Å². The predicted octanol–water partition coefficient (Wildman–Crippen LogP) is 4.49. The number of benzene rings is 2. The number of hydrogen-bond donors (Lipinski definition) is 2. The van der Waals surface area contributed by atoms with E-state index in [2.05, 4.69) is 58.0 Å². The topological polar surface area (TPSA) is 70.9 Å². The fourth-order valence-electron chi connectivity index (χ4n) is 3.41. The molecule has 0 amide bonds. The van der Waals surface area contributed by atoms with Crippen LogP contribution < -0.4 is 5.32 Å². The smallest absolute Gasteiger partial charge is 0.181 e. The van der Waals surface area contributed by atoms with E-state index in [0.717, 1.165) is 51.2 Å². The first-order valence-electron chi connectivity index (χ1n) is 9.14. The minimum Gasteiger partial charge on any atom is -0.367 e. The largest absolute Gasteiger partial charge is 0.367 e. The molecule has 0 aliphatic carbocycles. The van der Waals surface area contributed by atoms with Crippen molar-refractivity contribution in [2.45, 2.75) is 13.8 Å². The number of nitrogens with one attached hydrogen (secondary N) is 2. The number of fused-ring (bicyclic) bond motifs is 4. The highest BCUT2D eigenvalue weighted by atomic mass is 15.1. The quantitative estimate of drug-likeness (QED) is 0.498. The molecule has 0 bridgehead atoms. The summed E-state index contributed by atoms with van der Waals surface area (Å²) < 4.78 is 2.19. The third kappa shape index (κ3) is 2.61. The van der Waals surface area contributed by atoms with Gasteiger partial charge in [0.1, 0.15) is 0 Å². The Hall–Kier alpha value is -3.41. The summed E-state index contributed by atoms with van der Waals surface area (Å²) in [4.78, 5) is 9.52. The highest BCUT2D eigenvalue weighted by molar-refractivity contribution is 5.88. The first-order valence-corrected chi connectivity index (χ1v) is 9.14. The Morgan fingerprint density at radius 1 is 1.11 bits per heavy atom. The van der Waals surface area contributed by atoms with Crippen molar-refractivity contribution in [3.8, 4) is 11.3 Å². The zero-order valence-electron chi connectivity index (χ0n) is 15.3. The van der Waals surface area contributed by atoms with Gasteiger partial charge in [-0.3, -0.25) is 9.50 Å². The SMILES string of the molecule is CC(C)CNc1nc2ccccc2n2c(-c3ccc4[nH]ncc4c3)cnc12. The fraction of sp³-hybridized carbons (Fsp3) is 0.190. The maximum atomic E-state index is 4.81. The first kappa shape index (κ1) is 15.8. The molecular formula is C21H20N6. The minimum atomic E-state index is 0.524. The Morgan fingerprint density at radius 3 is 2.89 bits per heavy atom. The maximum absolute atomic E-state index is 4.81. The summed E-state index contributed by atoms with van der Waals surface area (Å²) in [6.45, 7) is 5.22. The molecule has 6 nitrogen and oxygen atoms in total. The third-order valence-electron chi connectivity index (χ3n) is 4.74. The maximum Gasteiger partial charge on any atom is 0.181 e. The van der Waals surface area contributed by atoms with Crippen LogP contribution in [0.4, 0.5) is 5.82 Å². The summed E-state index contributed by atoms with van der Waals surface area (Å²) >= 11 is 0. The average molecular weight is 356 g/mol. The van der Waals surface area contributed by atoms with Crippen LogP contribution in [0.1, 0.15) is 13.8 Å². The molecule has 0 saturated carbocycles. The van der Waals surface area contributed by atoms with E-state index in [1.165, 1.54) is 0 Å². The van der Waals surface area contributed by atoms with Gasteiger partial charge in [0, 0.05) is 17.5 Å². The van der Waals surface area contributed by atoms with E-state index in [0.29, 0.717) is 5.92 Å². The van der Waals surface area contributed by atoms with E-state index < -0.39 is 0 Å². The zero-order valence-corrected chi connectivity index (χ0v) is 15.3. The van der Waals surface area contributed by atoms with Gasteiger partial charge in [-0.05, 0) is 30.2 Å². The van der Waals surface area contributed by atoms with Crippen LogP contribution in [0.2, 0.25) is 0 Å². The monoisotopic (exact) mass is 356 g/mol. The molecule has 5 rings (SSSR count). The number of imidazole rings is 1. The van der Waals surface area contributed by atoms with Crippen molar-refractivity contribution >= 4 is 33.4 Å². The van der Waals surface area contributed by atoms with E-state index in [-0.39, 0.29) is 0 Å². The van der Waals surface area contributed by atoms with Gasteiger partial charge in [0.25, 0.3) is 0 Å². The second-order valence-corrected chi connectivity index (χ2v) is 7.20. The van der Waals surface area contributed by atoms with Gasteiger partial charge < -0.3 is 5.32 Å². The summed E-state index contributed by atoms with van der Waals surface area (Å²) in [7, 11) is 0. The van der Waals surface area contributed by atoms with Crippen molar-refractivity contribution in [3.05, 3.63) is 54.9 Å². The first-order chi connectivity index (χ1) is 13.2. The molecule has 0 aliphatic heterocycles. The van der Waals surface area contributed by atoms with Crippen LogP contribution in [-0.4, -0.2) is 31.1 Å². The van der Waals surface area contributed by atoms with E-state index in [1.807, 2.05) is 30.6 Å². The van der Waals surface area contributed by atoms with Crippen molar-refractivity contribution in [2.75, 3.05) is 11.9 Å². The molecule has 0 fully saturated rings. The second kappa shape index (κ2) is 6.09. The molecular weight excluding hydrogens is 336 g/mol. The number of rotatable bonds is 4. The lowest BCUT2D eigenvalue weighted by atomic mass is 10.1. The number of H-pyrrole nitrogens is 1. The van der Waals surface area contributed by atoms with Crippen molar-refractivity contribution < 1.29 is 0 Å².